The first-order valence-corrected chi connectivity index (χ1v) is 9.76. The van der Waals surface area contributed by atoms with Crippen LogP contribution in [0.2, 0.25) is 0 Å². The van der Waals surface area contributed by atoms with E-state index in [0.717, 1.165) is 11.0 Å². The number of pyridine rings is 1. The SMILES string of the molecule is NC(=O)c1cc(NC(=O)c2cccnc2Sc2ccc3c(c2)OCCO3)ccc1F. The van der Waals surface area contributed by atoms with Gasteiger partial charge in [0.05, 0.1) is 11.1 Å². The molecular formula is C21H16FN3O4S. The van der Waals surface area contributed by atoms with E-state index in [1.807, 2.05) is 18.2 Å². The predicted octanol–water partition coefficient (Wildman–Crippen LogP) is 3.49. The van der Waals surface area contributed by atoms with Gasteiger partial charge in [-0.2, -0.15) is 0 Å². The van der Waals surface area contributed by atoms with Crippen LogP contribution in [0.15, 0.2) is 64.6 Å². The fourth-order valence-electron chi connectivity index (χ4n) is 2.83. The van der Waals surface area contributed by atoms with Crippen molar-refractivity contribution < 1.29 is 23.5 Å². The van der Waals surface area contributed by atoms with Crippen LogP contribution in [0.3, 0.4) is 0 Å². The topological polar surface area (TPSA) is 104 Å². The van der Waals surface area contributed by atoms with Crippen molar-refractivity contribution in [1.82, 2.24) is 4.98 Å². The van der Waals surface area contributed by atoms with Crippen LogP contribution < -0.4 is 20.5 Å². The second kappa shape index (κ2) is 8.42. The summed E-state index contributed by atoms with van der Waals surface area (Å²) in [6.07, 6.45) is 1.58. The molecule has 0 unspecified atom stereocenters. The summed E-state index contributed by atoms with van der Waals surface area (Å²) in [4.78, 5) is 29.3. The Morgan fingerprint density at radius 2 is 1.83 bits per heavy atom. The summed E-state index contributed by atoms with van der Waals surface area (Å²) in [6.45, 7) is 0.980. The number of amides is 2. The molecule has 0 bridgehead atoms. The average molecular weight is 425 g/mol. The number of ether oxygens (including phenoxy) is 2. The largest absolute Gasteiger partial charge is 0.486 e. The maximum absolute atomic E-state index is 13.7. The molecule has 4 rings (SSSR count). The lowest BCUT2D eigenvalue weighted by Crippen LogP contribution is -2.16. The van der Waals surface area contributed by atoms with Crippen LogP contribution >= 0.6 is 11.8 Å². The number of halogens is 1. The van der Waals surface area contributed by atoms with Gasteiger partial charge in [0.25, 0.3) is 11.8 Å². The van der Waals surface area contributed by atoms with Gasteiger partial charge in [-0.3, -0.25) is 9.59 Å². The Balaban J connectivity index is 1.57. The number of aromatic nitrogens is 1. The minimum absolute atomic E-state index is 0.245. The molecule has 1 aliphatic heterocycles. The number of primary amides is 1. The normalized spacial score (nSPS) is 12.3. The van der Waals surface area contributed by atoms with Gasteiger partial charge < -0.3 is 20.5 Å². The zero-order valence-corrected chi connectivity index (χ0v) is 16.4. The molecule has 7 nitrogen and oxygen atoms in total. The van der Waals surface area contributed by atoms with Gasteiger partial charge in [-0.25, -0.2) is 9.37 Å². The van der Waals surface area contributed by atoms with E-state index in [-0.39, 0.29) is 11.3 Å². The first-order valence-electron chi connectivity index (χ1n) is 8.94. The minimum Gasteiger partial charge on any atom is -0.486 e. The highest BCUT2D eigenvalue weighted by Crippen LogP contribution is 2.37. The Labute approximate surface area is 175 Å². The molecule has 0 aliphatic carbocycles. The maximum atomic E-state index is 13.7. The number of anilines is 1. The van der Waals surface area contributed by atoms with E-state index in [9.17, 15) is 14.0 Å². The monoisotopic (exact) mass is 425 g/mol. The van der Waals surface area contributed by atoms with Crippen LogP contribution in [0.4, 0.5) is 10.1 Å². The molecule has 2 heterocycles. The van der Waals surface area contributed by atoms with Crippen LogP contribution in [0.25, 0.3) is 0 Å². The van der Waals surface area contributed by atoms with Gasteiger partial charge in [-0.15, -0.1) is 0 Å². The summed E-state index contributed by atoms with van der Waals surface area (Å²) >= 11 is 1.29. The fraction of sp³-hybridized carbons (Fsp3) is 0.0952. The van der Waals surface area contributed by atoms with E-state index in [4.69, 9.17) is 15.2 Å². The number of benzene rings is 2. The summed E-state index contributed by atoms with van der Waals surface area (Å²) in [7, 11) is 0. The molecule has 0 radical (unpaired) electrons. The summed E-state index contributed by atoms with van der Waals surface area (Å²) in [5.41, 5.74) is 5.43. The van der Waals surface area contributed by atoms with E-state index < -0.39 is 17.6 Å². The van der Waals surface area contributed by atoms with Crippen molar-refractivity contribution in [2.45, 2.75) is 9.92 Å². The molecule has 1 aromatic heterocycles. The number of carbonyl (C=O) groups excluding carboxylic acids is 2. The van der Waals surface area contributed by atoms with Crippen LogP contribution in [0, 0.1) is 5.82 Å². The maximum Gasteiger partial charge on any atom is 0.258 e. The molecule has 9 heteroatoms. The molecule has 2 amide bonds. The van der Waals surface area contributed by atoms with Crippen molar-refractivity contribution in [3.63, 3.8) is 0 Å². The second-order valence-corrected chi connectivity index (χ2v) is 7.34. The highest BCUT2D eigenvalue weighted by molar-refractivity contribution is 7.99. The van der Waals surface area contributed by atoms with Crippen molar-refractivity contribution in [2.24, 2.45) is 5.73 Å². The van der Waals surface area contributed by atoms with E-state index >= 15 is 0 Å². The standard InChI is InChI=1S/C21H16FN3O4S/c22-16-5-3-12(10-15(16)19(23)26)25-20(27)14-2-1-7-24-21(14)30-13-4-6-17-18(11-13)29-9-8-28-17/h1-7,10-11H,8-9H2,(H2,23,26)(H,25,27). The third kappa shape index (κ3) is 4.20. The van der Waals surface area contributed by atoms with E-state index in [2.05, 4.69) is 10.3 Å². The van der Waals surface area contributed by atoms with Gasteiger partial charge in [-0.1, -0.05) is 11.8 Å². The van der Waals surface area contributed by atoms with Gasteiger partial charge in [-0.05, 0) is 48.5 Å². The molecule has 30 heavy (non-hydrogen) atoms. The van der Waals surface area contributed by atoms with Gasteiger partial charge >= 0.3 is 0 Å². The summed E-state index contributed by atoms with van der Waals surface area (Å²) in [6, 6.07) is 12.4. The number of rotatable bonds is 5. The Morgan fingerprint density at radius 1 is 1.03 bits per heavy atom. The molecular weight excluding hydrogens is 409 g/mol. The number of carbonyl (C=O) groups is 2. The van der Waals surface area contributed by atoms with E-state index in [1.165, 1.54) is 23.9 Å². The Morgan fingerprint density at radius 3 is 2.63 bits per heavy atom. The molecule has 2 aromatic carbocycles. The molecule has 152 valence electrons. The quantitative estimate of drug-likeness (QED) is 0.649. The lowest BCUT2D eigenvalue weighted by Gasteiger charge is -2.18. The highest BCUT2D eigenvalue weighted by Gasteiger charge is 2.17. The van der Waals surface area contributed by atoms with Crippen molar-refractivity contribution in [3.8, 4) is 11.5 Å². The van der Waals surface area contributed by atoms with Crippen molar-refractivity contribution in [2.75, 3.05) is 18.5 Å². The second-order valence-electron chi connectivity index (χ2n) is 6.28. The number of hydrogen-bond acceptors (Lipinski definition) is 6. The zero-order valence-electron chi connectivity index (χ0n) is 15.6. The van der Waals surface area contributed by atoms with Crippen LogP contribution in [-0.4, -0.2) is 30.0 Å². The molecule has 0 atom stereocenters. The lowest BCUT2D eigenvalue weighted by molar-refractivity contribution is 0.0992. The zero-order chi connectivity index (χ0) is 21.1. The fourth-order valence-corrected chi connectivity index (χ4v) is 3.74. The van der Waals surface area contributed by atoms with Crippen LogP contribution in [-0.2, 0) is 0 Å². The predicted molar refractivity (Wildman–Crippen MR) is 109 cm³/mol. The lowest BCUT2D eigenvalue weighted by atomic mass is 10.1. The Kier molecular flexibility index (Phi) is 5.53. The van der Waals surface area contributed by atoms with Crippen LogP contribution in [0.1, 0.15) is 20.7 Å². The molecule has 3 aromatic rings. The number of hydrogen-bond donors (Lipinski definition) is 2. The Hall–Kier alpha value is -3.59. The molecule has 0 saturated carbocycles. The van der Waals surface area contributed by atoms with E-state index in [1.54, 1.807) is 18.3 Å². The first-order chi connectivity index (χ1) is 14.5. The number of nitrogens with zero attached hydrogens (tertiary/aromatic N) is 1. The van der Waals surface area contributed by atoms with Crippen molar-refractivity contribution >= 4 is 29.3 Å². The molecule has 0 spiro atoms. The third-order valence-electron chi connectivity index (χ3n) is 4.23. The average Bonchev–Trinajstić information content (AvgIpc) is 2.75. The van der Waals surface area contributed by atoms with Gasteiger partial charge in [0.2, 0.25) is 0 Å². The molecule has 0 saturated heterocycles. The Bertz CT molecular complexity index is 1140. The first kappa shape index (κ1) is 19.7. The number of nitrogens with two attached hydrogens (primary N) is 1. The van der Waals surface area contributed by atoms with Gasteiger partial charge in [0.15, 0.2) is 11.5 Å². The number of nitrogens with one attached hydrogen (secondary N) is 1. The third-order valence-corrected chi connectivity index (χ3v) is 5.24. The molecule has 3 N–H and O–H groups in total. The van der Waals surface area contributed by atoms with E-state index in [0.29, 0.717) is 35.3 Å². The smallest absolute Gasteiger partial charge is 0.258 e. The minimum atomic E-state index is -0.917. The van der Waals surface area contributed by atoms with Crippen molar-refractivity contribution in [1.29, 1.82) is 0 Å². The summed E-state index contributed by atoms with van der Waals surface area (Å²) in [5, 5.41) is 3.12. The van der Waals surface area contributed by atoms with Gasteiger partial charge in [0, 0.05) is 16.8 Å². The van der Waals surface area contributed by atoms with Gasteiger partial charge in [0.1, 0.15) is 24.1 Å². The highest BCUT2D eigenvalue weighted by atomic mass is 32.2. The molecule has 0 fully saturated rings. The summed E-state index contributed by atoms with van der Waals surface area (Å²) < 4.78 is 24.8. The summed E-state index contributed by atoms with van der Waals surface area (Å²) in [5.74, 6) is -0.814. The molecule has 1 aliphatic rings. The van der Waals surface area contributed by atoms with Crippen LogP contribution in [0.5, 0.6) is 11.5 Å². The van der Waals surface area contributed by atoms with Crippen molar-refractivity contribution in [3.05, 3.63) is 71.7 Å². The number of fused-ring (bicyclic) bond motifs is 1.